The first-order valence-electron chi connectivity index (χ1n) is 9.50. The lowest BCUT2D eigenvalue weighted by atomic mass is 10.1. The first kappa shape index (κ1) is 18.9. The minimum Gasteiger partial charge on any atom is -0.359 e. The number of benzene rings is 1. The van der Waals surface area contributed by atoms with Gasteiger partial charge in [0, 0.05) is 44.6 Å². The SMILES string of the molecule is CCN1CCN(Cc2ccc(CNc3nc4sccn4c3[N+](=O)[O-])cc2)CC1. The van der Waals surface area contributed by atoms with Gasteiger partial charge in [-0.05, 0) is 22.6 Å². The zero-order chi connectivity index (χ0) is 19.5. The van der Waals surface area contributed by atoms with Crippen molar-refractivity contribution >= 4 is 27.9 Å². The topological polar surface area (TPSA) is 79.0 Å². The Morgan fingerprint density at radius 1 is 1.14 bits per heavy atom. The van der Waals surface area contributed by atoms with Gasteiger partial charge in [-0.2, -0.15) is 9.38 Å². The molecule has 0 unspecified atom stereocenters. The Morgan fingerprint density at radius 3 is 2.50 bits per heavy atom. The van der Waals surface area contributed by atoms with Crippen molar-refractivity contribution < 1.29 is 4.92 Å². The number of anilines is 1. The number of nitro groups is 1. The van der Waals surface area contributed by atoms with Crippen molar-refractivity contribution in [1.82, 2.24) is 19.2 Å². The van der Waals surface area contributed by atoms with Crippen LogP contribution in [0.25, 0.3) is 4.96 Å². The highest BCUT2D eigenvalue weighted by Gasteiger charge is 2.23. The van der Waals surface area contributed by atoms with Crippen LogP contribution in [0.3, 0.4) is 0 Å². The summed E-state index contributed by atoms with van der Waals surface area (Å²) in [6.07, 6.45) is 1.67. The van der Waals surface area contributed by atoms with Gasteiger partial charge < -0.3 is 20.3 Å². The lowest BCUT2D eigenvalue weighted by Gasteiger charge is -2.34. The molecule has 0 atom stereocenters. The summed E-state index contributed by atoms with van der Waals surface area (Å²) in [5.41, 5.74) is 2.37. The van der Waals surface area contributed by atoms with E-state index in [1.807, 2.05) is 0 Å². The van der Waals surface area contributed by atoms with Crippen molar-refractivity contribution in [3.8, 4) is 0 Å². The van der Waals surface area contributed by atoms with Gasteiger partial charge in [-0.1, -0.05) is 42.5 Å². The minimum absolute atomic E-state index is 0.0147. The molecule has 2 aromatic heterocycles. The lowest BCUT2D eigenvalue weighted by molar-refractivity contribution is -0.389. The molecule has 0 bridgehead atoms. The molecule has 1 aliphatic rings. The van der Waals surface area contributed by atoms with Crippen LogP contribution in [0.5, 0.6) is 0 Å². The van der Waals surface area contributed by atoms with Crippen LogP contribution >= 0.6 is 11.3 Å². The van der Waals surface area contributed by atoms with Crippen molar-refractivity contribution in [1.29, 1.82) is 0 Å². The van der Waals surface area contributed by atoms with E-state index in [4.69, 9.17) is 0 Å². The van der Waals surface area contributed by atoms with E-state index in [0.29, 0.717) is 17.3 Å². The van der Waals surface area contributed by atoms with Crippen LogP contribution in [0, 0.1) is 10.1 Å². The predicted octanol–water partition coefficient (Wildman–Crippen LogP) is 3.05. The number of fused-ring (bicyclic) bond motifs is 1. The van der Waals surface area contributed by atoms with Gasteiger partial charge in [0.2, 0.25) is 5.82 Å². The summed E-state index contributed by atoms with van der Waals surface area (Å²) in [4.78, 5) is 20.9. The zero-order valence-electron chi connectivity index (χ0n) is 15.9. The van der Waals surface area contributed by atoms with Crippen molar-refractivity contribution in [2.45, 2.75) is 20.0 Å². The number of rotatable bonds is 7. The molecule has 9 heteroatoms. The molecule has 1 aromatic carbocycles. The van der Waals surface area contributed by atoms with E-state index in [9.17, 15) is 10.1 Å². The van der Waals surface area contributed by atoms with Crippen LogP contribution in [-0.4, -0.2) is 56.8 Å². The Bertz CT molecular complexity index is 943. The van der Waals surface area contributed by atoms with E-state index in [2.05, 4.69) is 51.3 Å². The molecule has 28 heavy (non-hydrogen) atoms. The molecule has 1 N–H and O–H groups in total. The van der Waals surface area contributed by atoms with E-state index < -0.39 is 4.92 Å². The fourth-order valence-electron chi connectivity index (χ4n) is 3.54. The highest BCUT2D eigenvalue weighted by Crippen LogP contribution is 2.28. The first-order chi connectivity index (χ1) is 13.6. The Hall–Kier alpha value is -2.49. The molecule has 1 aliphatic heterocycles. The van der Waals surface area contributed by atoms with E-state index in [-0.39, 0.29) is 5.82 Å². The van der Waals surface area contributed by atoms with Gasteiger partial charge in [-0.15, -0.1) is 0 Å². The molecule has 0 spiro atoms. The highest BCUT2D eigenvalue weighted by molar-refractivity contribution is 7.15. The van der Waals surface area contributed by atoms with Gasteiger partial charge in [0.25, 0.3) is 4.96 Å². The van der Waals surface area contributed by atoms with Crippen LogP contribution in [0.2, 0.25) is 0 Å². The summed E-state index contributed by atoms with van der Waals surface area (Å²) in [6.45, 7) is 9.30. The van der Waals surface area contributed by atoms with Gasteiger partial charge >= 0.3 is 5.82 Å². The van der Waals surface area contributed by atoms with Crippen molar-refractivity contribution in [2.24, 2.45) is 0 Å². The zero-order valence-corrected chi connectivity index (χ0v) is 16.7. The number of aromatic nitrogens is 2. The van der Waals surface area contributed by atoms with Crippen LogP contribution in [0.15, 0.2) is 35.8 Å². The van der Waals surface area contributed by atoms with Crippen molar-refractivity contribution in [3.63, 3.8) is 0 Å². The standard InChI is InChI=1S/C19H24N6O2S/c1-2-22-7-9-23(10-8-22)14-16-5-3-15(4-6-16)13-20-17-18(25(26)27)24-11-12-28-19(24)21-17/h3-6,11-12,20H,2,7-10,13-14H2,1H3. The minimum atomic E-state index is -0.392. The fraction of sp³-hybridized carbons (Fsp3) is 0.421. The Kier molecular flexibility index (Phi) is 5.56. The van der Waals surface area contributed by atoms with Gasteiger partial charge in [0.1, 0.15) is 6.20 Å². The highest BCUT2D eigenvalue weighted by atomic mass is 32.1. The van der Waals surface area contributed by atoms with Crippen LogP contribution < -0.4 is 5.32 Å². The van der Waals surface area contributed by atoms with Gasteiger partial charge in [0.05, 0.1) is 0 Å². The fourth-order valence-corrected chi connectivity index (χ4v) is 4.25. The van der Waals surface area contributed by atoms with Crippen LogP contribution in [-0.2, 0) is 13.1 Å². The van der Waals surface area contributed by atoms with E-state index in [0.717, 1.165) is 44.8 Å². The Morgan fingerprint density at radius 2 is 1.82 bits per heavy atom. The van der Waals surface area contributed by atoms with E-state index in [1.165, 1.54) is 21.3 Å². The molecule has 0 saturated carbocycles. The molecular formula is C19H24N6O2S. The largest absolute Gasteiger partial charge is 0.372 e. The molecule has 1 fully saturated rings. The summed E-state index contributed by atoms with van der Waals surface area (Å²) in [5.74, 6) is 0.300. The van der Waals surface area contributed by atoms with E-state index in [1.54, 1.807) is 11.6 Å². The number of thiazole rings is 1. The Labute approximate surface area is 167 Å². The normalized spacial score (nSPS) is 15.9. The third kappa shape index (κ3) is 4.01. The predicted molar refractivity (Wildman–Crippen MR) is 111 cm³/mol. The van der Waals surface area contributed by atoms with E-state index >= 15 is 0 Å². The number of hydrogen-bond acceptors (Lipinski definition) is 7. The molecule has 0 radical (unpaired) electrons. The number of nitrogens with zero attached hydrogens (tertiary/aromatic N) is 5. The molecule has 4 rings (SSSR count). The van der Waals surface area contributed by atoms with Crippen LogP contribution in [0.4, 0.5) is 11.6 Å². The summed E-state index contributed by atoms with van der Waals surface area (Å²) < 4.78 is 1.51. The summed E-state index contributed by atoms with van der Waals surface area (Å²) in [5, 5.41) is 16.3. The summed E-state index contributed by atoms with van der Waals surface area (Å²) in [7, 11) is 0. The molecule has 0 aliphatic carbocycles. The van der Waals surface area contributed by atoms with Crippen molar-refractivity contribution in [3.05, 3.63) is 57.1 Å². The average Bonchev–Trinajstić information content (AvgIpc) is 3.28. The first-order valence-corrected chi connectivity index (χ1v) is 10.4. The van der Waals surface area contributed by atoms with Crippen LogP contribution in [0.1, 0.15) is 18.1 Å². The average molecular weight is 401 g/mol. The quantitative estimate of drug-likeness (QED) is 0.485. The van der Waals surface area contributed by atoms with Gasteiger partial charge in [0.15, 0.2) is 0 Å². The van der Waals surface area contributed by atoms with Gasteiger partial charge in [-0.25, -0.2) is 0 Å². The lowest BCUT2D eigenvalue weighted by Crippen LogP contribution is -2.45. The molecule has 3 heterocycles. The number of nitrogens with one attached hydrogen (secondary N) is 1. The maximum atomic E-state index is 11.4. The van der Waals surface area contributed by atoms with Crippen molar-refractivity contribution in [2.75, 3.05) is 38.0 Å². The maximum Gasteiger partial charge on any atom is 0.372 e. The number of hydrogen-bond donors (Lipinski definition) is 1. The number of piperazine rings is 1. The van der Waals surface area contributed by atoms with Gasteiger partial charge in [-0.3, -0.25) is 4.90 Å². The molecular weight excluding hydrogens is 376 g/mol. The number of likely N-dealkylation sites (N-methyl/N-ethyl adjacent to an activating group) is 1. The maximum absolute atomic E-state index is 11.4. The molecule has 3 aromatic rings. The molecule has 1 saturated heterocycles. The molecule has 8 nitrogen and oxygen atoms in total. The second-order valence-corrected chi connectivity index (χ2v) is 7.85. The number of imidazole rings is 1. The molecule has 0 amide bonds. The second kappa shape index (κ2) is 8.26. The smallest absolute Gasteiger partial charge is 0.359 e. The monoisotopic (exact) mass is 400 g/mol. The second-order valence-electron chi connectivity index (χ2n) is 6.98. The Balaban J connectivity index is 1.36. The molecule has 148 valence electrons. The third-order valence-corrected chi connectivity index (χ3v) is 5.97. The third-order valence-electron chi connectivity index (χ3n) is 5.21. The summed E-state index contributed by atoms with van der Waals surface area (Å²) >= 11 is 1.38. The summed E-state index contributed by atoms with van der Waals surface area (Å²) in [6, 6.07) is 8.44.